The van der Waals surface area contributed by atoms with Crippen molar-refractivity contribution in [1.82, 2.24) is 0 Å². The average Bonchev–Trinajstić information content (AvgIpc) is 2.74. The van der Waals surface area contributed by atoms with Gasteiger partial charge >= 0.3 is 5.97 Å². The van der Waals surface area contributed by atoms with Gasteiger partial charge in [0.2, 0.25) is 0 Å². The highest BCUT2D eigenvalue weighted by atomic mass is 16.8. The van der Waals surface area contributed by atoms with Crippen LogP contribution in [0, 0.1) is 11.3 Å². The Morgan fingerprint density at radius 1 is 1.32 bits per heavy atom. The number of hydrogen-bond acceptors (Lipinski definition) is 5. The van der Waals surface area contributed by atoms with Crippen molar-refractivity contribution in [2.45, 2.75) is 59.0 Å². The Labute approximate surface area is 113 Å². The monoisotopic (exact) mass is 270 g/mol. The molecule has 0 spiro atoms. The van der Waals surface area contributed by atoms with Gasteiger partial charge < -0.3 is 14.2 Å². The minimum absolute atomic E-state index is 0.198. The van der Waals surface area contributed by atoms with E-state index in [1.807, 2.05) is 13.8 Å². The molecule has 1 aliphatic carbocycles. The number of fused-ring (bicyclic) bond motifs is 1. The molecule has 0 aromatic rings. The lowest BCUT2D eigenvalue weighted by Crippen LogP contribution is -2.45. The van der Waals surface area contributed by atoms with Crippen LogP contribution in [0.1, 0.15) is 41.0 Å². The highest BCUT2D eigenvalue weighted by Crippen LogP contribution is 2.51. The molecule has 1 saturated carbocycles. The van der Waals surface area contributed by atoms with Gasteiger partial charge in [-0.15, -0.1) is 0 Å². The predicted octanol–water partition coefficient (Wildman–Crippen LogP) is 1.68. The number of ether oxygens (including phenoxy) is 3. The quantitative estimate of drug-likeness (QED) is 0.577. The largest absolute Gasteiger partial charge is 0.465 e. The minimum atomic E-state index is -1.12. The molecule has 2 aliphatic rings. The summed E-state index contributed by atoms with van der Waals surface area (Å²) in [7, 11) is 0. The topological polar surface area (TPSA) is 61.8 Å². The number of rotatable bonds is 3. The fraction of sp³-hybridized carbons (Fsp3) is 0.857. The van der Waals surface area contributed by atoms with Gasteiger partial charge in [0.05, 0.1) is 12.7 Å². The lowest BCUT2D eigenvalue weighted by Gasteiger charge is -2.31. The van der Waals surface area contributed by atoms with Gasteiger partial charge in [0.1, 0.15) is 11.5 Å². The van der Waals surface area contributed by atoms with E-state index >= 15 is 0 Å². The van der Waals surface area contributed by atoms with Gasteiger partial charge in [-0.05, 0) is 27.2 Å². The second kappa shape index (κ2) is 4.56. The third-order valence-electron chi connectivity index (χ3n) is 4.29. The second-order valence-electron chi connectivity index (χ2n) is 5.72. The summed E-state index contributed by atoms with van der Waals surface area (Å²) in [6.07, 6.45) is -0.618. The summed E-state index contributed by atoms with van der Waals surface area (Å²) in [6, 6.07) is 0. The van der Waals surface area contributed by atoms with E-state index in [4.69, 9.17) is 14.2 Å². The number of ketones is 1. The summed E-state index contributed by atoms with van der Waals surface area (Å²) >= 11 is 0. The van der Waals surface area contributed by atoms with Crippen LogP contribution < -0.4 is 0 Å². The number of Topliss-reactive ketones (excluding diaryl/α,β-unsaturated/α-hetero) is 1. The van der Waals surface area contributed by atoms with E-state index in [0.29, 0.717) is 6.42 Å². The molecule has 0 aromatic heterocycles. The summed E-state index contributed by atoms with van der Waals surface area (Å²) < 4.78 is 16.6. The Kier molecular flexibility index (Phi) is 3.47. The van der Waals surface area contributed by atoms with E-state index in [0.717, 1.165) is 0 Å². The van der Waals surface area contributed by atoms with Crippen molar-refractivity contribution in [2.24, 2.45) is 11.3 Å². The molecule has 0 aromatic carbocycles. The maximum absolute atomic E-state index is 12.6. The molecule has 2 fully saturated rings. The SMILES string of the molecule is CCOC(=O)[C@]1(CC)C(=O)[C@H]2OC(C)(C)O[C@H]2[C@H]1C. The Balaban J connectivity index is 2.35. The van der Waals surface area contributed by atoms with Crippen LogP contribution in [0.2, 0.25) is 0 Å². The molecule has 1 aliphatic heterocycles. The summed E-state index contributed by atoms with van der Waals surface area (Å²) in [4.78, 5) is 24.9. The van der Waals surface area contributed by atoms with Crippen molar-refractivity contribution in [3.63, 3.8) is 0 Å². The van der Waals surface area contributed by atoms with Crippen molar-refractivity contribution in [3.05, 3.63) is 0 Å². The van der Waals surface area contributed by atoms with E-state index in [-0.39, 0.29) is 24.4 Å². The lowest BCUT2D eigenvalue weighted by molar-refractivity contribution is -0.184. The molecule has 0 bridgehead atoms. The first kappa shape index (κ1) is 14.5. The Morgan fingerprint density at radius 2 is 1.95 bits per heavy atom. The first-order valence-corrected chi connectivity index (χ1v) is 6.87. The minimum Gasteiger partial charge on any atom is -0.465 e. The molecule has 0 N–H and O–H groups in total. The molecular formula is C14H22O5. The van der Waals surface area contributed by atoms with E-state index in [1.54, 1.807) is 20.8 Å². The van der Waals surface area contributed by atoms with Crippen LogP contribution in [0.25, 0.3) is 0 Å². The maximum Gasteiger partial charge on any atom is 0.320 e. The van der Waals surface area contributed by atoms with Crippen molar-refractivity contribution < 1.29 is 23.8 Å². The standard InChI is InChI=1S/C14H22O5/c1-6-14(12(16)17-7-2)8(3)9-10(11(14)15)19-13(4,5)18-9/h8-10H,6-7H2,1-5H3/t8-,9+,10+,14+/m1/s1. The van der Waals surface area contributed by atoms with Crippen molar-refractivity contribution >= 4 is 11.8 Å². The second-order valence-corrected chi connectivity index (χ2v) is 5.72. The molecule has 1 heterocycles. The maximum atomic E-state index is 12.6. The average molecular weight is 270 g/mol. The first-order chi connectivity index (χ1) is 8.80. The number of carbonyl (C=O) groups is 2. The summed E-state index contributed by atoms with van der Waals surface area (Å²) in [5, 5.41) is 0. The zero-order chi connectivity index (χ0) is 14.4. The number of hydrogen-bond donors (Lipinski definition) is 0. The van der Waals surface area contributed by atoms with Gasteiger partial charge in [0.25, 0.3) is 0 Å². The Morgan fingerprint density at radius 3 is 2.42 bits per heavy atom. The van der Waals surface area contributed by atoms with Crippen molar-refractivity contribution in [3.8, 4) is 0 Å². The number of carbonyl (C=O) groups excluding carboxylic acids is 2. The molecule has 5 heteroatoms. The first-order valence-electron chi connectivity index (χ1n) is 6.87. The smallest absolute Gasteiger partial charge is 0.320 e. The highest BCUT2D eigenvalue weighted by molar-refractivity contribution is 6.08. The van der Waals surface area contributed by atoms with E-state index in [9.17, 15) is 9.59 Å². The molecule has 108 valence electrons. The summed E-state index contributed by atoms with van der Waals surface area (Å²) in [5.74, 6) is -1.66. The van der Waals surface area contributed by atoms with Crippen LogP contribution in [-0.4, -0.2) is 36.4 Å². The Bertz CT molecular complexity index is 403. The molecule has 2 rings (SSSR count). The van der Waals surface area contributed by atoms with Crippen LogP contribution in [0.5, 0.6) is 0 Å². The molecule has 5 nitrogen and oxygen atoms in total. The fourth-order valence-corrected chi connectivity index (χ4v) is 3.30. The van der Waals surface area contributed by atoms with E-state index in [1.165, 1.54) is 0 Å². The molecule has 0 unspecified atom stereocenters. The van der Waals surface area contributed by atoms with E-state index < -0.39 is 23.3 Å². The van der Waals surface area contributed by atoms with Gasteiger partial charge in [-0.2, -0.15) is 0 Å². The molecular weight excluding hydrogens is 248 g/mol. The van der Waals surface area contributed by atoms with Crippen molar-refractivity contribution in [1.29, 1.82) is 0 Å². The van der Waals surface area contributed by atoms with Gasteiger partial charge in [-0.25, -0.2) is 0 Å². The van der Waals surface area contributed by atoms with Crippen LogP contribution in [-0.2, 0) is 23.8 Å². The molecule has 0 amide bonds. The Hall–Kier alpha value is -0.940. The fourth-order valence-electron chi connectivity index (χ4n) is 3.30. The van der Waals surface area contributed by atoms with Crippen LogP contribution in [0.15, 0.2) is 0 Å². The molecule has 19 heavy (non-hydrogen) atoms. The van der Waals surface area contributed by atoms with Gasteiger partial charge in [-0.3, -0.25) is 9.59 Å². The molecule has 1 saturated heterocycles. The number of esters is 1. The van der Waals surface area contributed by atoms with E-state index in [2.05, 4.69) is 0 Å². The van der Waals surface area contributed by atoms with Crippen LogP contribution in [0.3, 0.4) is 0 Å². The van der Waals surface area contributed by atoms with Gasteiger partial charge in [0.15, 0.2) is 11.6 Å². The summed E-state index contributed by atoms with van der Waals surface area (Å²) in [6.45, 7) is 9.27. The predicted molar refractivity (Wildman–Crippen MR) is 67.4 cm³/mol. The van der Waals surface area contributed by atoms with Gasteiger partial charge in [-0.1, -0.05) is 13.8 Å². The summed E-state index contributed by atoms with van der Waals surface area (Å²) in [5.41, 5.74) is -1.12. The normalized spacial score (nSPS) is 40.3. The zero-order valence-electron chi connectivity index (χ0n) is 12.2. The molecule has 4 atom stereocenters. The van der Waals surface area contributed by atoms with Crippen molar-refractivity contribution in [2.75, 3.05) is 6.61 Å². The van der Waals surface area contributed by atoms with Crippen LogP contribution in [0.4, 0.5) is 0 Å². The molecule has 0 radical (unpaired) electrons. The van der Waals surface area contributed by atoms with Crippen LogP contribution >= 0.6 is 0 Å². The zero-order valence-corrected chi connectivity index (χ0v) is 12.2. The highest BCUT2D eigenvalue weighted by Gasteiger charge is 2.67. The third-order valence-corrected chi connectivity index (χ3v) is 4.29. The lowest BCUT2D eigenvalue weighted by atomic mass is 9.75. The third kappa shape index (κ3) is 1.91. The van der Waals surface area contributed by atoms with Gasteiger partial charge in [0, 0.05) is 5.92 Å².